The van der Waals surface area contributed by atoms with Crippen LogP contribution >= 0.6 is 0 Å². The molecule has 100 valence electrons. The molecule has 18 heavy (non-hydrogen) atoms. The van der Waals surface area contributed by atoms with E-state index in [0.29, 0.717) is 5.69 Å². The highest BCUT2D eigenvalue weighted by atomic mass is 16.4. The van der Waals surface area contributed by atoms with Crippen LogP contribution in [-0.4, -0.2) is 21.6 Å². The smallest absolute Gasteiger partial charge is 0.339 e. The Morgan fingerprint density at radius 2 is 1.94 bits per heavy atom. The number of aromatic nitrogens is 1. The molecule has 1 rings (SSSR count). The highest BCUT2D eigenvalue weighted by molar-refractivity contribution is 5.93. The number of hydrogen-bond acceptors (Lipinski definition) is 3. The summed E-state index contributed by atoms with van der Waals surface area (Å²) in [6.07, 6.45) is 3.90. The second-order valence-electron chi connectivity index (χ2n) is 6.47. The summed E-state index contributed by atoms with van der Waals surface area (Å²) in [5.74, 6) is -0.961. The Kier molecular flexibility index (Phi) is 3.99. The molecule has 4 nitrogen and oxygen atoms in total. The van der Waals surface area contributed by atoms with Gasteiger partial charge in [0, 0.05) is 17.9 Å². The Morgan fingerprint density at radius 3 is 2.44 bits per heavy atom. The van der Waals surface area contributed by atoms with Gasteiger partial charge in [0.1, 0.15) is 5.56 Å². The molecular formula is C14H22N2O2. The summed E-state index contributed by atoms with van der Waals surface area (Å²) >= 11 is 0. The van der Waals surface area contributed by atoms with Crippen molar-refractivity contribution in [3.05, 3.63) is 24.0 Å². The molecule has 0 aliphatic carbocycles. The van der Waals surface area contributed by atoms with Crippen LogP contribution in [0.3, 0.4) is 0 Å². The Bertz CT molecular complexity index is 434. The van der Waals surface area contributed by atoms with Gasteiger partial charge in [-0.1, -0.05) is 20.8 Å². The molecule has 1 aromatic rings. The standard InChI is InChI=1S/C14H22N2O2/c1-13(2,3)9-14(4,5)16-11-6-7-15-8-10(11)12(17)18/h6-8H,9H2,1-5H3,(H,15,16)(H,17,18). The summed E-state index contributed by atoms with van der Waals surface area (Å²) in [6.45, 7) is 10.7. The van der Waals surface area contributed by atoms with Crippen LogP contribution in [0.1, 0.15) is 51.4 Å². The number of carbonyl (C=O) groups is 1. The van der Waals surface area contributed by atoms with Crippen LogP contribution in [0.2, 0.25) is 0 Å². The van der Waals surface area contributed by atoms with Gasteiger partial charge in [-0.3, -0.25) is 4.98 Å². The molecule has 0 aliphatic rings. The van der Waals surface area contributed by atoms with Gasteiger partial charge in [-0.05, 0) is 31.7 Å². The molecule has 0 unspecified atom stereocenters. The third-order valence-corrected chi connectivity index (χ3v) is 2.50. The maximum atomic E-state index is 11.1. The van der Waals surface area contributed by atoms with Crippen LogP contribution in [0.25, 0.3) is 0 Å². The van der Waals surface area contributed by atoms with Gasteiger partial charge in [0.15, 0.2) is 0 Å². The summed E-state index contributed by atoms with van der Waals surface area (Å²) in [7, 11) is 0. The molecule has 0 aliphatic heterocycles. The molecule has 4 heteroatoms. The number of anilines is 1. The molecule has 0 bridgehead atoms. The summed E-state index contributed by atoms with van der Waals surface area (Å²) in [5.41, 5.74) is 0.822. The topological polar surface area (TPSA) is 62.2 Å². The number of nitrogens with zero attached hydrogens (tertiary/aromatic N) is 1. The van der Waals surface area contributed by atoms with Crippen molar-refractivity contribution >= 4 is 11.7 Å². The third-order valence-electron chi connectivity index (χ3n) is 2.50. The van der Waals surface area contributed by atoms with Crippen molar-refractivity contribution in [3.63, 3.8) is 0 Å². The zero-order valence-corrected chi connectivity index (χ0v) is 11.7. The normalized spacial score (nSPS) is 12.3. The Balaban J connectivity index is 2.94. The van der Waals surface area contributed by atoms with Gasteiger partial charge in [-0.15, -0.1) is 0 Å². The van der Waals surface area contributed by atoms with Gasteiger partial charge in [-0.2, -0.15) is 0 Å². The lowest BCUT2D eigenvalue weighted by Crippen LogP contribution is -2.36. The minimum atomic E-state index is -0.961. The van der Waals surface area contributed by atoms with E-state index in [9.17, 15) is 4.79 Å². The van der Waals surface area contributed by atoms with Gasteiger partial charge >= 0.3 is 5.97 Å². The molecule has 0 atom stereocenters. The predicted molar refractivity (Wildman–Crippen MR) is 73.0 cm³/mol. The highest BCUT2D eigenvalue weighted by Gasteiger charge is 2.26. The first-order valence-electron chi connectivity index (χ1n) is 6.06. The molecule has 0 radical (unpaired) electrons. The van der Waals surface area contributed by atoms with Crippen molar-refractivity contribution in [1.29, 1.82) is 0 Å². The number of carboxylic acids is 1. The van der Waals surface area contributed by atoms with E-state index >= 15 is 0 Å². The molecule has 2 N–H and O–H groups in total. The Morgan fingerprint density at radius 1 is 1.33 bits per heavy atom. The molecule has 0 spiro atoms. The van der Waals surface area contributed by atoms with Crippen molar-refractivity contribution in [2.45, 2.75) is 46.6 Å². The fourth-order valence-electron chi connectivity index (χ4n) is 2.41. The molecular weight excluding hydrogens is 228 g/mol. The number of aromatic carboxylic acids is 1. The largest absolute Gasteiger partial charge is 0.478 e. The summed E-state index contributed by atoms with van der Waals surface area (Å²) in [6, 6.07) is 1.70. The van der Waals surface area contributed by atoms with E-state index < -0.39 is 5.97 Å². The van der Waals surface area contributed by atoms with Crippen molar-refractivity contribution < 1.29 is 9.90 Å². The van der Waals surface area contributed by atoms with Gasteiger partial charge in [-0.25, -0.2) is 4.79 Å². The van der Waals surface area contributed by atoms with E-state index in [1.807, 2.05) is 0 Å². The van der Waals surface area contributed by atoms with E-state index in [0.717, 1.165) is 6.42 Å². The highest BCUT2D eigenvalue weighted by Crippen LogP contribution is 2.30. The fourth-order valence-corrected chi connectivity index (χ4v) is 2.41. The zero-order valence-electron chi connectivity index (χ0n) is 11.7. The summed E-state index contributed by atoms with van der Waals surface area (Å²) in [4.78, 5) is 15.0. The van der Waals surface area contributed by atoms with Crippen LogP contribution in [-0.2, 0) is 0 Å². The van der Waals surface area contributed by atoms with Crippen molar-refractivity contribution in [3.8, 4) is 0 Å². The van der Waals surface area contributed by atoms with Gasteiger partial charge in [0.05, 0.1) is 5.69 Å². The number of rotatable bonds is 4. The maximum Gasteiger partial charge on any atom is 0.339 e. The van der Waals surface area contributed by atoms with E-state index in [-0.39, 0.29) is 16.5 Å². The monoisotopic (exact) mass is 250 g/mol. The van der Waals surface area contributed by atoms with E-state index in [1.54, 1.807) is 12.3 Å². The average molecular weight is 250 g/mol. The fraction of sp³-hybridized carbons (Fsp3) is 0.571. The molecule has 0 saturated carbocycles. The zero-order chi connectivity index (χ0) is 14.0. The molecule has 0 aromatic carbocycles. The first kappa shape index (κ1) is 14.5. The van der Waals surface area contributed by atoms with E-state index in [4.69, 9.17) is 5.11 Å². The lowest BCUT2D eigenvalue weighted by atomic mass is 9.81. The second kappa shape index (κ2) is 4.96. The van der Waals surface area contributed by atoms with Gasteiger partial charge in [0.25, 0.3) is 0 Å². The predicted octanol–water partition coefficient (Wildman–Crippen LogP) is 3.41. The van der Waals surface area contributed by atoms with Gasteiger partial charge < -0.3 is 10.4 Å². The second-order valence-corrected chi connectivity index (χ2v) is 6.47. The van der Waals surface area contributed by atoms with E-state index in [1.165, 1.54) is 6.20 Å². The number of nitrogens with one attached hydrogen (secondary N) is 1. The summed E-state index contributed by atoms with van der Waals surface area (Å²) in [5, 5.41) is 12.4. The van der Waals surface area contributed by atoms with E-state index in [2.05, 4.69) is 44.9 Å². The van der Waals surface area contributed by atoms with Crippen LogP contribution < -0.4 is 5.32 Å². The Labute approximate surface area is 108 Å². The molecule has 1 aromatic heterocycles. The van der Waals surface area contributed by atoms with Gasteiger partial charge in [0.2, 0.25) is 0 Å². The number of carboxylic acid groups (broad SMARTS) is 1. The lowest BCUT2D eigenvalue weighted by Gasteiger charge is -2.34. The third kappa shape index (κ3) is 4.35. The minimum absolute atomic E-state index is 0.174. The lowest BCUT2D eigenvalue weighted by molar-refractivity contribution is 0.0697. The molecule has 0 fully saturated rings. The first-order chi connectivity index (χ1) is 8.11. The number of pyridine rings is 1. The summed E-state index contributed by atoms with van der Waals surface area (Å²) < 4.78 is 0. The first-order valence-corrected chi connectivity index (χ1v) is 6.06. The SMILES string of the molecule is CC(C)(C)CC(C)(C)Nc1ccncc1C(=O)O. The van der Waals surface area contributed by atoms with Crippen LogP contribution in [0.15, 0.2) is 18.5 Å². The molecule has 0 amide bonds. The quantitative estimate of drug-likeness (QED) is 0.859. The van der Waals surface area contributed by atoms with Crippen molar-refractivity contribution in [2.75, 3.05) is 5.32 Å². The Hall–Kier alpha value is -1.58. The number of hydrogen-bond donors (Lipinski definition) is 2. The average Bonchev–Trinajstić information content (AvgIpc) is 2.13. The van der Waals surface area contributed by atoms with Crippen LogP contribution in [0, 0.1) is 5.41 Å². The van der Waals surface area contributed by atoms with Crippen molar-refractivity contribution in [1.82, 2.24) is 4.98 Å². The van der Waals surface area contributed by atoms with Crippen LogP contribution in [0.4, 0.5) is 5.69 Å². The molecule has 1 heterocycles. The minimum Gasteiger partial charge on any atom is -0.478 e. The maximum absolute atomic E-state index is 11.1. The molecule has 0 saturated heterocycles. The van der Waals surface area contributed by atoms with Crippen molar-refractivity contribution in [2.24, 2.45) is 5.41 Å². The van der Waals surface area contributed by atoms with Crippen LogP contribution in [0.5, 0.6) is 0 Å².